The third kappa shape index (κ3) is 5.52. The molecule has 1 unspecified atom stereocenters. The lowest BCUT2D eigenvalue weighted by molar-refractivity contribution is -0.145. The number of rotatable bonds is 5. The molecule has 0 saturated carbocycles. The predicted molar refractivity (Wildman–Crippen MR) is 104 cm³/mol. The Morgan fingerprint density at radius 2 is 1.93 bits per heavy atom. The van der Waals surface area contributed by atoms with E-state index in [4.69, 9.17) is 4.74 Å². The fourth-order valence-corrected chi connectivity index (χ4v) is 4.94. The molecule has 1 heterocycles. The number of ether oxygens (including phenoxy) is 1. The van der Waals surface area contributed by atoms with Crippen molar-refractivity contribution >= 4 is 27.3 Å². The number of para-hydroxylation sites is 1. The number of amides is 2. The molecule has 0 aromatic heterocycles. The van der Waals surface area contributed by atoms with E-state index in [0.717, 1.165) is 5.56 Å². The summed E-state index contributed by atoms with van der Waals surface area (Å²) in [7, 11) is -1.68. The van der Waals surface area contributed by atoms with Gasteiger partial charge in [0.25, 0.3) is 0 Å². The van der Waals surface area contributed by atoms with Crippen molar-refractivity contribution in [3.8, 4) is 0 Å². The average molecular weight is 397 g/mol. The molecule has 1 aliphatic rings. The Labute approximate surface area is 161 Å². The molecular weight excluding hydrogens is 368 g/mol. The van der Waals surface area contributed by atoms with Crippen LogP contribution in [0.5, 0.6) is 0 Å². The summed E-state index contributed by atoms with van der Waals surface area (Å²) in [6.45, 7) is 6.47. The first-order valence-electron chi connectivity index (χ1n) is 8.96. The van der Waals surface area contributed by atoms with E-state index in [1.807, 2.05) is 32.9 Å². The molecule has 27 heavy (non-hydrogen) atoms. The van der Waals surface area contributed by atoms with Gasteiger partial charge in [0.05, 0.1) is 18.1 Å². The molecule has 1 saturated heterocycles. The molecule has 8 heteroatoms. The van der Waals surface area contributed by atoms with Crippen LogP contribution in [0, 0.1) is 0 Å². The van der Waals surface area contributed by atoms with E-state index in [1.165, 1.54) is 12.0 Å². The maximum absolute atomic E-state index is 12.8. The van der Waals surface area contributed by atoms with Crippen LogP contribution in [0.2, 0.25) is 0 Å². The summed E-state index contributed by atoms with van der Waals surface area (Å²) < 4.78 is 28.6. The third-order valence-corrected chi connectivity index (χ3v) is 6.37. The highest BCUT2D eigenvalue weighted by Crippen LogP contribution is 2.29. The monoisotopic (exact) mass is 396 g/mol. The van der Waals surface area contributed by atoms with Crippen LogP contribution in [0.3, 0.4) is 0 Å². The Bertz CT molecular complexity index is 799. The van der Waals surface area contributed by atoms with Gasteiger partial charge in [-0.2, -0.15) is 0 Å². The number of methoxy groups -OCH3 is 1. The molecular formula is C19H28N2O5S. The zero-order valence-corrected chi connectivity index (χ0v) is 17.1. The molecule has 1 aliphatic heterocycles. The average Bonchev–Trinajstić information content (AvgIpc) is 2.94. The van der Waals surface area contributed by atoms with Crippen molar-refractivity contribution in [2.24, 2.45) is 0 Å². The molecule has 1 aromatic rings. The summed E-state index contributed by atoms with van der Waals surface area (Å²) >= 11 is 0. The summed E-state index contributed by atoms with van der Waals surface area (Å²) in [6, 6.07) is 6.84. The Hall–Kier alpha value is -1.93. The van der Waals surface area contributed by atoms with Gasteiger partial charge in [-0.15, -0.1) is 0 Å². The molecule has 0 radical (unpaired) electrons. The molecule has 7 nitrogen and oxygen atoms in total. The van der Waals surface area contributed by atoms with Gasteiger partial charge in [-0.1, -0.05) is 39.0 Å². The second-order valence-electron chi connectivity index (χ2n) is 7.80. The van der Waals surface area contributed by atoms with E-state index in [0.29, 0.717) is 12.1 Å². The number of benzene rings is 1. The standard InChI is InChI=1S/C19H28N2O5S/c1-19(2,3)15-7-5-6-8-16(15)20-17(22)18(23)21(10-11-26-4)14-9-12-27(24,25)13-14/h5-8,14H,9-13H2,1-4H3,(H,20,22). The van der Waals surface area contributed by atoms with Crippen molar-refractivity contribution in [1.82, 2.24) is 4.90 Å². The molecule has 0 spiro atoms. The number of nitrogens with one attached hydrogen (secondary N) is 1. The lowest BCUT2D eigenvalue weighted by atomic mass is 9.86. The van der Waals surface area contributed by atoms with Gasteiger partial charge in [0, 0.05) is 25.4 Å². The Morgan fingerprint density at radius 1 is 1.26 bits per heavy atom. The van der Waals surface area contributed by atoms with Gasteiger partial charge in [0.2, 0.25) is 0 Å². The van der Waals surface area contributed by atoms with E-state index in [9.17, 15) is 18.0 Å². The lowest BCUT2D eigenvalue weighted by Gasteiger charge is -2.28. The lowest BCUT2D eigenvalue weighted by Crippen LogP contribution is -2.48. The summed E-state index contributed by atoms with van der Waals surface area (Å²) in [4.78, 5) is 26.7. The maximum atomic E-state index is 12.8. The number of sulfone groups is 1. The van der Waals surface area contributed by atoms with Crippen molar-refractivity contribution in [1.29, 1.82) is 0 Å². The molecule has 2 rings (SSSR count). The van der Waals surface area contributed by atoms with Crippen LogP contribution in [-0.2, 0) is 29.6 Å². The van der Waals surface area contributed by atoms with E-state index in [-0.39, 0.29) is 30.1 Å². The van der Waals surface area contributed by atoms with E-state index in [2.05, 4.69) is 5.32 Å². The van der Waals surface area contributed by atoms with Gasteiger partial charge in [0.15, 0.2) is 9.84 Å². The normalized spacial score (nSPS) is 18.9. The highest BCUT2D eigenvalue weighted by Gasteiger charge is 2.36. The zero-order valence-electron chi connectivity index (χ0n) is 16.3. The van der Waals surface area contributed by atoms with Gasteiger partial charge in [-0.3, -0.25) is 9.59 Å². The fourth-order valence-electron chi connectivity index (χ4n) is 3.21. The van der Waals surface area contributed by atoms with Gasteiger partial charge in [-0.25, -0.2) is 8.42 Å². The number of carbonyl (C=O) groups is 2. The highest BCUT2D eigenvalue weighted by molar-refractivity contribution is 7.91. The van der Waals surface area contributed by atoms with E-state index >= 15 is 0 Å². The molecule has 0 aliphatic carbocycles. The Kier molecular flexibility index (Phi) is 6.64. The summed E-state index contributed by atoms with van der Waals surface area (Å²) in [5, 5.41) is 2.70. The smallest absolute Gasteiger partial charge is 0.313 e. The topological polar surface area (TPSA) is 92.8 Å². The molecule has 150 valence electrons. The quantitative estimate of drug-likeness (QED) is 0.763. The van der Waals surface area contributed by atoms with Crippen LogP contribution in [0.1, 0.15) is 32.8 Å². The van der Waals surface area contributed by atoms with Crippen LogP contribution in [-0.4, -0.2) is 62.9 Å². The zero-order chi connectivity index (χ0) is 20.2. The predicted octanol–water partition coefficient (Wildman–Crippen LogP) is 1.58. The van der Waals surface area contributed by atoms with Crippen molar-refractivity contribution in [2.75, 3.05) is 37.1 Å². The summed E-state index contributed by atoms with van der Waals surface area (Å²) in [5.41, 5.74) is 1.29. The number of carbonyl (C=O) groups excluding carboxylic acids is 2. The van der Waals surface area contributed by atoms with Crippen LogP contribution in [0.4, 0.5) is 5.69 Å². The van der Waals surface area contributed by atoms with Gasteiger partial charge < -0.3 is 15.0 Å². The van der Waals surface area contributed by atoms with Gasteiger partial charge >= 0.3 is 11.8 Å². The largest absolute Gasteiger partial charge is 0.383 e. The SMILES string of the molecule is COCCN(C(=O)C(=O)Nc1ccccc1C(C)(C)C)C1CCS(=O)(=O)C1. The Morgan fingerprint density at radius 3 is 2.48 bits per heavy atom. The molecule has 1 fully saturated rings. The molecule has 1 atom stereocenters. The van der Waals surface area contributed by atoms with Gasteiger partial charge in [0.1, 0.15) is 0 Å². The van der Waals surface area contributed by atoms with Crippen molar-refractivity contribution < 1.29 is 22.7 Å². The molecule has 1 N–H and O–H groups in total. The van der Waals surface area contributed by atoms with Crippen LogP contribution in [0.15, 0.2) is 24.3 Å². The van der Waals surface area contributed by atoms with Gasteiger partial charge in [-0.05, 0) is 23.5 Å². The minimum absolute atomic E-state index is 0.0307. The second-order valence-corrected chi connectivity index (χ2v) is 10.0. The van der Waals surface area contributed by atoms with Crippen molar-refractivity contribution in [3.05, 3.63) is 29.8 Å². The van der Waals surface area contributed by atoms with E-state index < -0.39 is 27.7 Å². The minimum atomic E-state index is -3.18. The first-order chi connectivity index (χ1) is 12.5. The third-order valence-electron chi connectivity index (χ3n) is 4.62. The van der Waals surface area contributed by atoms with Crippen LogP contribution in [0.25, 0.3) is 0 Å². The highest BCUT2D eigenvalue weighted by atomic mass is 32.2. The fraction of sp³-hybridized carbons (Fsp3) is 0.579. The maximum Gasteiger partial charge on any atom is 0.313 e. The number of hydrogen-bond acceptors (Lipinski definition) is 5. The van der Waals surface area contributed by atoms with Crippen LogP contribution < -0.4 is 5.32 Å². The first-order valence-corrected chi connectivity index (χ1v) is 10.8. The van der Waals surface area contributed by atoms with E-state index in [1.54, 1.807) is 12.1 Å². The first kappa shape index (κ1) is 21.4. The second kappa shape index (κ2) is 8.39. The molecule has 2 amide bonds. The van der Waals surface area contributed by atoms with Crippen LogP contribution >= 0.6 is 0 Å². The number of anilines is 1. The van der Waals surface area contributed by atoms with Crippen molar-refractivity contribution in [3.63, 3.8) is 0 Å². The Balaban J connectivity index is 2.19. The molecule has 1 aromatic carbocycles. The van der Waals surface area contributed by atoms with Crippen molar-refractivity contribution in [2.45, 2.75) is 38.6 Å². The number of hydrogen-bond donors (Lipinski definition) is 1. The number of nitrogens with zero attached hydrogens (tertiary/aromatic N) is 1. The molecule has 0 bridgehead atoms. The minimum Gasteiger partial charge on any atom is -0.383 e. The summed E-state index contributed by atoms with van der Waals surface area (Å²) in [6.07, 6.45) is 0.337. The summed E-state index contributed by atoms with van der Waals surface area (Å²) in [5.74, 6) is -1.60.